The Labute approximate surface area is 96.6 Å². The Balaban J connectivity index is 1.93. The quantitative estimate of drug-likeness (QED) is 0.710. The maximum Gasteiger partial charge on any atom is 0.188 e. The van der Waals surface area contributed by atoms with Gasteiger partial charge in [-0.15, -0.1) is 0 Å². The number of hydrogen-bond acceptors (Lipinski definition) is 2. The third-order valence-electron chi connectivity index (χ3n) is 2.98. The minimum absolute atomic E-state index is 0.0989. The molecule has 0 spiro atoms. The lowest BCUT2D eigenvalue weighted by atomic mass is 10.0. The van der Waals surface area contributed by atoms with E-state index in [0.29, 0.717) is 5.92 Å². The summed E-state index contributed by atoms with van der Waals surface area (Å²) in [6, 6.07) is 5.96. The monoisotopic (exact) mass is 218 g/mol. The van der Waals surface area contributed by atoms with Gasteiger partial charge in [-0.25, -0.2) is 0 Å². The van der Waals surface area contributed by atoms with E-state index in [1.54, 1.807) is 0 Å². The van der Waals surface area contributed by atoms with Crippen LogP contribution in [0.5, 0.6) is 0 Å². The van der Waals surface area contributed by atoms with Crippen molar-refractivity contribution in [1.29, 1.82) is 0 Å². The average Bonchev–Trinajstić information content (AvgIpc) is 3.05. The fourth-order valence-electron chi connectivity index (χ4n) is 1.72. The van der Waals surface area contributed by atoms with Gasteiger partial charge in [0.25, 0.3) is 0 Å². The molecule has 1 aromatic rings. The molecule has 0 radical (unpaired) electrons. The van der Waals surface area contributed by atoms with Gasteiger partial charge in [-0.3, -0.25) is 4.79 Å². The predicted octanol–water partition coefficient (Wildman–Crippen LogP) is 2.91. The van der Waals surface area contributed by atoms with E-state index in [0.717, 1.165) is 23.3 Å². The minimum Gasteiger partial charge on any atom is -0.373 e. The Morgan fingerprint density at radius 3 is 2.81 bits per heavy atom. The summed E-state index contributed by atoms with van der Waals surface area (Å²) in [6.07, 6.45) is 2.52. The first kappa shape index (κ1) is 11.3. The van der Waals surface area contributed by atoms with Crippen molar-refractivity contribution in [3.8, 4) is 0 Å². The van der Waals surface area contributed by atoms with Gasteiger partial charge in [0.1, 0.15) is 6.61 Å². The molecule has 1 aliphatic carbocycles. The van der Waals surface area contributed by atoms with Gasteiger partial charge in [-0.2, -0.15) is 0 Å². The second-order valence-electron chi connectivity index (χ2n) is 4.70. The van der Waals surface area contributed by atoms with E-state index in [2.05, 4.69) is 0 Å². The lowest BCUT2D eigenvalue weighted by Gasteiger charge is -2.06. The number of ketones is 1. The van der Waals surface area contributed by atoms with Gasteiger partial charge in [0.15, 0.2) is 5.78 Å². The molecule has 2 rings (SSSR count). The van der Waals surface area contributed by atoms with Crippen molar-refractivity contribution >= 4 is 5.78 Å². The molecule has 0 saturated heterocycles. The smallest absolute Gasteiger partial charge is 0.188 e. The zero-order valence-electron chi connectivity index (χ0n) is 9.95. The predicted molar refractivity (Wildman–Crippen MR) is 63.8 cm³/mol. The van der Waals surface area contributed by atoms with Crippen molar-refractivity contribution in [3.63, 3.8) is 0 Å². The van der Waals surface area contributed by atoms with E-state index in [-0.39, 0.29) is 12.4 Å². The molecule has 86 valence electrons. The van der Waals surface area contributed by atoms with Crippen molar-refractivity contribution in [1.82, 2.24) is 0 Å². The highest BCUT2D eigenvalue weighted by Crippen LogP contribution is 2.28. The molecule has 1 fully saturated rings. The zero-order chi connectivity index (χ0) is 11.5. The largest absolute Gasteiger partial charge is 0.373 e. The van der Waals surface area contributed by atoms with Crippen LogP contribution in [0.2, 0.25) is 0 Å². The molecule has 2 heteroatoms. The van der Waals surface area contributed by atoms with Crippen LogP contribution in [-0.2, 0) is 4.74 Å². The van der Waals surface area contributed by atoms with Crippen LogP contribution in [-0.4, -0.2) is 19.0 Å². The number of hydrogen-bond donors (Lipinski definition) is 0. The van der Waals surface area contributed by atoms with E-state index in [9.17, 15) is 4.79 Å². The van der Waals surface area contributed by atoms with Crippen LogP contribution >= 0.6 is 0 Å². The lowest BCUT2D eigenvalue weighted by Crippen LogP contribution is -2.12. The van der Waals surface area contributed by atoms with Crippen LogP contribution in [0.1, 0.15) is 34.3 Å². The number of ether oxygens (including phenoxy) is 1. The highest BCUT2D eigenvalue weighted by molar-refractivity contribution is 5.98. The number of Topliss-reactive ketones (excluding diaryl/α,β-unsaturated/α-hetero) is 1. The van der Waals surface area contributed by atoms with Gasteiger partial charge in [-0.1, -0.05) is 17.7 Å². The summed E-state index contributed by atoms with van der Waals surface area (Å²) < 4.78 is 5.42. The van der Waals surface area contributed by atoms with E-state index < -0.39 is 0 Å². The summed E-state index contributed by atoms with van der Waals surface area (Å²) in [7, 11) is 0. The first-order chi connectivity index (χ1) is 7.66. The van der Waals surface area contributed by atoms with Crippen molar-refractivity contribution in [3.05, 3.63) is 34.9 Å². The van der Waals surface area contributed by atoms with Crippen LogP contribution in [0.15, 0.2) is 18.2 Å². The van der Waals surface area contributed by atoms with E-state index in [1.807, 2.05) is 32.0 Å². The second-order valence-corrected chi connectivity index (χ2v) is 4.70. The average molecular weight is 218 g/mol. The van der Waals surface area contributed by atoms with E-state index >= 15 is 0 Å². The lowest BCUT2D eigenvalue weighted by molar-refractivity contribution is 0.0739. The van der Waals surface area contributed by atoms with E-state index in [4.69, 9.17) is 4.74 Å². The molecule has 0 N–H and O–H groups in total. The molecule has 0 aromatic heterocycles. The molecule has 1 saturated carbocycles. The highest BCUT2D eigenvalue weighted by atomic mass is 16.5. The number of rotatable bonds is 5. The van der Waals surface area contributed by atoms with Crippen LogP contribution in [0.4, 0.5) is 0 Å². The van der Waals surface area contributed by atoms with Crippen LogP contribution in [0, 0.1) is 19.8 Å². The standard InChI is InChI=1S/C14H18O2/c1-10-3-4-11(2)13(7-10)14(15)9-16-8-12-5-6-12/h3-4,7,12H,5-6,8-9H2,1-2H3. The van der Waals surface area contributed by atoms with Crippen molar-refractivity contribution < 1.29 is 9.53 Å². The van der Waals surface area contributed by atoms with Crippen molar-refractivity contribution in [2.45, 2.75) is 26.7 Å². The minimum atomic E-state index is 0.0989. The molecular formula is C14H18O2. The molecule has 2 nitrogen and oxygen atoms in total. The molecule has 0 unspecified atom stereocenters. The molecule has 0 atom stereocenters. The van der Waals surface area contributed by atoms with Crippen LogP contribution < -0.4 is 0 Å². The number of benzene rings is 1. The summed E-state index contributed by atoms with van der Waals surface area (Å²) in [5.41, 5.74) is 2.96. The first-order valence-corrected chi connectivity index (χ1v) is 5.85. The zero-order valence-corrected chi connectivity index (χ0v) is 9.95. The maximum atomic E-state index is 11.9. The summed E-state index contributed by atoms with van der Waals surface area (Å²) in [6.45, 7) is 4.94. The van der Waals surface area contributed by atoms with Gasteiger partial charge >= 0.3 is 0 Å². The second kappa shape index (κ2) is 4.79. The normalized spacial score (nSPS) is 15.1. The third-order valence-corrected chi connectivity index (χ3v) is 2.98. The molecular weight excluding hydrogens is 200 g/mol. The SMILES string of the molecule is Cc1ccc(C)c(C(=O)COCC2CC2)c1. The first-order valence-electron chi connectivity index (χ1n) is 5.85. The fraction of sp³-hybridized carbons (Fsp3) is 0.500. The maximum absolute atomic E-state index is 11.9. The number of aryl methyl sites for hydroxylation is 2. The van der Waals surface area contributed by atoms with Crippen molar-refractivity contribution in [2.75, 3.05) is 13.2 Å². The van der Waals surface area contributed by atoms with Gasteiger partial charge in [0.2, 0.25) is 0 Å². The summed E-state index contributed by atoms with van der Waals surface area (Å²) in [5, 5.41) is 0. The van der Waals surface area contributed by atoms with Gasteiger partial charge < -0.3 is 4.74 Å². The van der Waals surface area contributed by atoms with Crippen molar-refractivity contribution in [2.24, 2.45) is 5.92 Å². The van der Waals surface area contributed by atoms with E-state index in [1.165, 1.54) is 12.8 Å². The topological polar surface area (TPSA) is 26.3 Å². The Hall–Kier alpha value is -1.15. The Bertz CT molecular complexity index is 392. The van der Waals surface area contributed by atoms with Gasteiger partial charge in [0.05, 0.1) is 6.61 Å². The Morgan fingerprint density at radius 2 is 2.12 bits per heavy atom. The Morgan fingerprint density at radius 1 is 1.38 bits per heavy atom. The number of carbonyl (C=O) groups is 1. The molecule has 0 aliphatic heterocycles. The molecule has 0 amide bonds. The van der Waals surface area contributed by atoms with Crippen LogP contribution in [0.25, 0.3) is 0 Å². The highest BCUT2D eigenvalue weighted by Gasteiger charge is 2.21. The summed E-state index contributed by atoms with van der Waals surface area (Å²) in [4.78, 5) is 11.9. The Kier molecular flexibility index (Phi) is 3.39. The molecule has 0 heterocycles. The molecule has 1 aliphatic rings. The molecule has 16 heavy (non-hydrogen) atoms. The van der Waals surface area contributed by atoms with Gasteiger partial charge in [-0.05, 0) is 44.2 Å². The molecule has 0 bridgehead atoms. The third kappa shape index (κ3) is 2.92. The van der Waals surface area contributed by atoms with Gasteiger partial charge in [0, 0.05) is 5.56 Å². The van der Waals surface area contributed by atoms with Crippen LogP contribution in [0.3, 0.4) is 0 Å². The summed E-state index contributed by atoms with van der Waals surface area (Å²) in [5.74, 6) is 0.813. The number of carbonyl (C=O) groups excluding carboxylic acids is 1. The summed E-state index contributed by atoms with van der Waals surface area (Å²) >= 11 is 0. The fourth-order valence-corrected chi connectivity index (χ4v) is 1.72. The molecule has 1 aromatic carbocycles.